The number of rotatable bonds is 9. The fourth-order valence-corrected chi connectivity index (χ4v) is 3.88. The van der Waals surface area contributed by atoms with Crippen LogP contribution < -0.4 is 16.0 Å². The van der Waals surface area contributed by atoms with Crippen LogP contribution in [0.5, 0.6) is 0 Å². The molecule has 6 nitrogen and oxygen atoms in total. The molecule has 2 rings (SSSR count). The number of hydrogen-bond acceptors (Lipinski definition) is 3. The summed E-state index contributed by atoms with van der Waals surface area (Å²) in [6, 6.07) is 10.9. The summed E-state index contributed by atoms with van der Waals surface area (Å²) >= 11 is 0. The van der Waals surface area contributed by atoms with Crippen LogP contribution in [0.25, 0.3) is 0 Å². The number of unbranched alkanes of at least 4 members (excludes halogenated alkanes) is 1. The van der Waals surface area contributed by atoms with Crippen LogP contribution in [0.2, 0.25) is 0 Å². The summed E-state index contributed by atoms with van der Waals surface area (Å²) in [5, 5.41) is 9.31. The number of carbonyl (C=O) groups excluding carboxylic acids is 1. The molecule has 1 fully saturated rings. The van der Waals surface area contributed by atoms with E-state index < -0.39 is 0 Å². The van der Waals surface area contributed by atoms with Crippen LogP contribution in [-0.4, -0.2) is 62.1 Å². The van der Waals surface area contributed by atoms with E-state index in [0.29, 0.717) is 5.96 Å². The lowest BCUT2D eigenvalue weighted by molar-refractivity contribution is -0.121. The molecule has 0 saturated carbocycles. The zero-order chi connectivity index (χ0) is 21.8. The van der Waals surface area contributed by atoms with Crippen LogP contribution in [0.1, 0.15) is 52.0 Å². The highest BCUT2D eigenvalue weighted by atomic mass is 16.2. The van der Waals surface area contributed by atoms with Crippen molar-refractivity contribution in [3.05, 3.63) is 35.9 Å². The topological polar surface area (TPSA) is 68.8 Å². The number of nitrogens with zero attached hydrogens (tertiary/aromatic N) is 2. The quantitative estimate of drug-likeness (QED) is 0.330. The molecule has 0 aromatic heterocycles. The summed E-state index contributed by atoms with van der Waals surface area (Å²) in [5.41, 5.74) is 1.26. The minimum absolute atomic E-state index is 0.0267. The Morgan fingerprint density at radius 2 is 1.80 bits per heavy atom. The monoisotopic (exact) mass is 415 g/mol. The first-order chi connectivity index (χ1) is 14.4. The molecule has 0 aliphatic carbocycles. The Balaban J connectivity index is 1.52. The van der Waals surface area contributed by atoms with Gasteiger partial charge < -0.3 is 20.9 Å². The van der Waals surface area contributed by atoms with Crippen molar-refractivity contribution in [1.29, 1.82) is 0 Å². The first kappa shape index (κ1) is 24.2. The second-order valence-electron chi connectivity index (χ2n) is 9.33. The van der Waals surface area contributed by atoms with E-state index in [1.165, 1.54) is 50.9 Å². The maximum atomic E-state index is 11.9. The molecule has 30 heavy (non-hydrogen) atoms. The number of carbonyl (C=O) groups is 1. The van der Waals surface area contributed by atoms with Crippen LogP contribution in [-0.2, 0) is 11.2 Å². The van der Waals surface area contributed by atoms with Crippen molar-refractivity contribution >= 4 is 11.9 Å². The standard InChI is InChI=1S/C24H41N5O/c1-24(2,3)28-22(30)19-27-23(25-4)26-14-8-9-15-29-16-12-21(13-17-29)18-20-10-6-5-7-11-20/h5-7,10-11,21H,8-9,12-19H2,1-4H3,(H,28,30)(H2,25,26,27). The lowest BCUT2D eigenvalue weighted by atomic mass is 9.90. The number of benzene rings is 1. The number of nitrogens with one attached hydrogen (secondary N) is 3. The van der Waals surface area contributed by atoms with E-state index in [9.17, 15) is 4.79 Å². The number of aliphatic imine (C=N–C) groups is 1. The number of piperidine rings is 1. The molecule has 0 spiro atoms. The Bertz CT molecular complexity index is 645. The third-order valence-electron chi connectivity index (χ3n) is 5.42. The maximum Gasteiger partial charge on any atom is 0.239 e. The van der Waals surface area contributed by atoms with Gasteiger partial charge in [0, 0.05) is 19.1 Å². The van der Waals surface area contributed by atoms with Crippen LogP contribution in [0.15, 0.2) is 35.3 Å². The van der Waals surface area contributed by atoms with Crippen molar-refractivity contribution < 1.29 is 4.79 Å². The zero-order valence-electron chi connectivity index (χ0n) is 19.3. The van der Waals surface area contributed by atoms with Crippen LogP contribution in [0.4, 0.5) is 0 Å². The molecule has 1 aliphatic heterocycles. The van der Waals surface area contributed by atoms with Crippen molar-refractivity contribution in [2.45, 2.75) is 58.4 Å². The number of hydrogen-bond donors (Lipinski definition) is 3. The van der Waals surface area contributed by atoms with E-state index in [1.54, 1.807) is 7.05 Å². The molecule has 0 radical (unpaired) electrons. The number of guanidine groups is 1. The zero-order valence-corrected chi connectivity index (χ0v) is 19.3. The fraction of sp³-hybridized carbons (Fsp3) is 0.667. The van der Waals surface area contributed by atoms with Gasteiger partial charge in [-0.3, -0.25) is 9.79 Å². The van der Waals surface area contributed by atoms with Gasteiger partial charge >= 0.3 is 0 Å². The van der Waals surface area contributed by atoms with E-state index >= 15 is 0 Å². The Morgan fingerprint density at radius 3 is 2.43 bits per heavy atom. The van der Waals surface area contributed by atoms with Crippen LogP contribution in [0.3, 0.4) is 0 Å². The Morgan fingerprint density at radius 1 is 1.10 bits per heavy atom. The Hall–Kier alpha value is -2.08. The predicted molar refractivity (Wildman–Crippen MR) is 126 cm³/mol. The summed E-state index contributed by atoms with van der Waals surface area (Å²) < 4.78 is 0. The lowest BCUT2D eigenvalue weighted by Crippen LogP contribution is -2.48. The van der Waals surface area contributed by atoms with Gasteiger partial charge in [0.15, 0.2) is 5.96 Å². The molecule has 168 valence electrons. The van der Waals surface area contributed by atoms with Gasteiger partial charge in [-0.1, -0.05) is 30.3 Å². The number of likely N-dealkylation sites (tertiary alicyclic amines) is 1. The van der Waals surface area contributed by atoms with Gasteiger partial charge in [0.05, 0.1) is 6.54 Å². The van der Waals surface area contributed by atoms with Gasteiger partial charge in [-0.25, -0.2) is 0 Å². The van der Waals surface area contributed by atoms with Gasteiger partial charge in [-0.05, 0) is 84.0 Å². The van der Waals surface area contributed by atoms with E-state index in [0.717, 1.165) is 18.9 Å². The normalized spacial score (nSPS) is 16.3. The van der Waals surface area contributed by atoms with Gasteiger partial charge in [-0.15, -0.1) is 0 Å². The SMILES string of the molecule is CN=C(NCCCCN1CCC(Cc2ccccc2)CC1)NCC(=O)NC(C)(C)C. The summed E-state index contributed by atoms with van der Waals surface area (Å²) in [4.78, 5) is 18.7. The molecule has 1 saturated heterocycles. The van der Waals surface area contributed by atoms with Crippen molar-refractivity contribution in [2.24, 2.45) is 10.9 Å². The summed E-state index contributed by atoms with van der Waals surface area (Å²) in [5.74, 6) is 1.48. The van der Waals surface area contributed by atoms with Crippen molar-refractivity contribution in [3.63, 3.8) is 0 Å². The molecule has 0 unspecified atom stereocenters. The van der Waals surface area contributed by atoms with E-state index in [-0.39, 0.29) is 18.0 Å². The van der Waals surface area contributed by atoms with Crippen molar-refractivity contribution in [2.75, 3.05) is 39.8 Å². The molecule has 0 atom stereocenters. The summed E-state index contributed by atoms with van der Waals surface area (Å²) in [6.45, 7) is 10.6. The smallest absolute Gasteiger partial charge is 0.239 e. The van der Waals surface area contributed by atoms with Gasteiger partial charge in [0.25, 0.3) is 0 Å². The highest BCUT2D eigenvalue weighted by Crippen LogP contribution is 2.21. The highest BCUT2D eigenvalue weighted by Gasteiger charge is 2.19. The minimum atomic E-state index is -0.217. The first-order valence-electron chi connectivity index (χ1n) is 11.4. The summed E-state index contributed by atoms with van der Waals surface area (Å²) in [7, 11) is 1.73. The fourth-order valence-electron chi connectivity index (χ4n) is 3.88. The van der Waals surface area contributed by atoms with Crippen LogP contribution >= 0.6 is 0 Å². The molecule has 1 aromatic carbocycles. The Labute approximate surface area is 182 Å². The molecule has 1 aliphatic rings. The molecule has 1 aromatic rings. The second-order valence-corrected chi connectivity index (χ2v) is 9.33. The molecule has 1 heterocycles. The van der Waals surface area contributed by atoms with Crippen LogP contribution in [0, 0.1) is 5.92 Å². The van der Waals surface area contributed by atoms with Gasteiger partial charge in [0.2, 0.25) is 5.91 Å². The van der Waals surface area contributed by atoms with Gasteiger partial charge in [0.1, 0.15) is 0 Å². The second kappa shape index (κ2) is 12.6. The average Bonchev–Trinajstić information content (AvgIpc) is 2.71. The van der Waals surface area contributed by atoms with Gasteiger partial charge in [-0.2, -0.15) is 0 Å². The largest absolute Gasteiger partial charge is 0.356 e. The average molecular weight is 416 g/mol. The summed E-state index contributed by atoms with van der Waals surface area (Å²) in [6.07, 6.45) is 6.11. The highest BCUT2D eigenvalue weighted by molar-refractivity contribution is 5.86. The minimum Gasteiger partial charge on any atom is -0.356 e. The Kier molecular flexibility index (Phi) is 10.1. The van der Waals surface area contributed by atoms with E-state index in [4.69, 9.17) is 0 Å². The molecule has 6 heteroatoms. The third-order valence-corrected chi connectivity index (χ3v) is 5.42. The van der Waals surface area contributed by atoms with E-state index in [1.807, 2.05) is 20.8 Å². The maximum absolute atomic E-state index is 11.9. The van der Waals surface area contributed by atoms with E-state index in [2.05, 4.69) is 56.2 Å². The first-order valence-corrected chi connectivity index (χ1v) is 11.4. The lowest BCUT2D eigenvalue weighted by Gasteiger charge is -2.32. The number of amides is 1. The predicted octanol–water partition coefficient (Wildman–Crippen LogP) is 2.80. The molecular weight excluding hydrogens is 374 g/mol. The molecular formula is C24H41N5O. The third kappa shape index (κ3) is 10.1. The molecule has 1 amide bonds. The van der Waals surface area contributed by atoms with Crippen molar-refractivity contribution in [1.82, 2.24) is 20.9 Å². The van der Waals surface area contributed by atoms with Crippen molar-refractivity contribution in [3.8, 4) is 0 Å². The molecule has 3 N–H and O–H groups in total. The molecule has 0 bridgehead atoms.